The first-order chi connectivity index (χ1) is 7.13. The van der Waals surface area contributed by atoms with Crippen LogP contribution in [-0.4, -0.2) is 22.4 Å². The summed E-state index contributed by atoms with van der Waals surface area (Å²) < 4.78 is 0. The molecule has 0 bridgehead atoms. The molecule has 2 N–H and O–H groups in total. The largest absolute Gasteiger partial charge is 0.390 e. The third kappa shape index (κ3) is 4.02. The molecule has 2 atom stereocenters. The Labute approximate surface area is 91.6 Å². The molecule has 0 aliphatic carbocycles. The van der Waals surface area contributed by atoms with Crippen LogP contribution in [0.3, 0.4) is 0 Å². The lowest BCUT2D eigenvalue weighted by molar-refractivity contribution is 0.0148. The predicted molar refractivity (Wildman–Crippen MR) is 61.8 cm³/mol. The van der Waals surface area contributed by atoms with Crippen molar-refractivity contribution in [1.82, 2.24) is 0 Å². The molecular weight excluding hydrogens is 188 g/mol. The van der Waals surface area contributed by atoms with Crippen molar-refractivity contribution in [3.63, 3.8) is 0 Å². The van der Waals surface area contributed by atoms with Crippen LogP contribution >= 0.6 is 0 Å². The van der Waals surface area contributed by atoms with Crippen molar-refractivity contribution in [2.75, 3.05) is 0 Å². The van der Waals surface area contributed by atoms with Gasteiger partial charge in [0.2, 0.25) is 0 Å². The Morgan fingerprint density at radius 3 is 2.20 bits per heavy atom. The fourth-order valence-electron chi connectivity index (χ4n) is 1.59. The van der Waals surface area contributed by atoms with Gasteiger partial charge in [-0.1, -0.05) is 43.2 Å². The fourth-order valence-corrected chi connectivity index (χ4v) is 1.59. The monoisotopic (exact) mass is 208 g/mol. The topological polar surface area (TPSA) is 40.5 Å². The molecule has 0 aromatic heterocycles. The number of benzene rings is 1. The maximum Gasteiger partial charge on any atom is 0.0839 e. The summed E-state index contributed by atoms with van der Waals surface area (Å²) in [5.41, 5.74) is 2.28. The molecule has 0 saturated carbocycles. The SMILES string of the molecule is CCCC(O)C(O)Cc1ccc(C)cc1. The highest BCUT2D eigenvalue weighted by Crippen LogP contribution is 2.10. The van der Waals surface area contributed by atoms with Crippen LogP contribution in [0, 0.1) is 6.92 Å². The maximum absolute atomic E-state index is 9.72. The van der Waals surface area contributed by atoms with Gasteiger partial charge in [-0.15, -0.1) is 0 Å². The van der Waals surface area contributed by atoms with Crippen LogP contribution in [0.2, 0.25) is 0 Å². The van der Waals surface area contributed by atoms with Gasteiger partial charge in [-0.05, 0) is 18.9 Å². The van der Waals surface area contributed by atoms with Crippen LogP contribution in [0.4, 0.5) is 0 Å². The Hall–Kier alpha value is -0.860. The number of rotatable bonds is 5. The lowest BCUT2D eigenvalue weighted by atomic mass is 10.0. The molecule has 84 valence electrons. The summed E-state index contributed by atoms with van der Waals surface area (Å²) in [5.74, 6) is 0. The van der Waals surface area contributed by atoms with Crippen LogP contribution < -0.4 is 0 Å². The summed E-state index contributed by atoms with van der Waals surface area (Å²) in [4.78, 5) is 0. The quantitative estimate of drug-likeness (QED) is 0.777. The van der Waals surface area contributed by atoms with E-state index in [1.165, 1.54) is 5.56 Å². The second-order valence-electron chi connectivity index (χ2n) is 4.11. The van der Waals surface area contributed by atoms with Gasteiger partial charge >= 0.3 is 0 Å². The molecule has 1 aromatic carbocycles. The highest BCUT2D eigenvalue weighted by molar-refractivity contribution is 5.21. The van der Waals surface area contributed by atoms with Crippen molar-refractivity contribution < 1.29 is 10.2 Å². The molecule has 0 aliphatic heterocycles. The minimum atomic E-state index is -0.646. The van der Waals surface area contributed by atoms with E-state index < -0.39 is 12.2 Å². The normalized spacial score (nSPS) is 14.9. The first-order valence-corrected chi connectivity index (χ1v) is 5.55. The number of hydrogen-bond donors (Lipinski definition) is 2. The van der Waals surface area contributed by atoms with E-state index in [0.29, 0.717) is 12.8 Å². The summed E-state index contributed by atoms with van der Waals surface area (Å²) in [6.45, 7) is 4.04. The molecule has 0 spiro atoms. The van der Waals surface area contributed by atoms with Gasteiger partial charge in [0.25, 0.3) is 0 Å². The van der Waals surface area contributed by atoms with E-state index in [-0.39, 0.29) is 0 Å². The average molecular weight is 208 g/mol. The molecule has 1 aromatic rings. The van der Waals surface area contributed by atoms with E-state index in [1.807, 2.05) is 38.1 Å². The van der Waals surface area contributed by atoms with Gasteiger partial charge in [-0.3, -0.25) is 0 Å². The summed E-state index contributed by atoms with van der Waals surface area (Å²) in [5, 5.41) is 19.3. The average Bonchev–Trinajstić information content (AvgIpc) is 2.22. The van der Waals surface area contributed by atoms with Crippen molar-refractivity contribution in [1.29, 1.82) is 0 Å². The highest BCUT2D eigenvalue weighted by Gasteiger charge is 2.15. The van der Waals surface area contributed by atoms with E-state index in [0.717, 1.165) is 12.0 Å². The van der Waals surface area contributed by atoms with Gasteiger partial charge in [0.1, 0.15) is 0 Å². The van der Waals surface area contributed by atoms with Crippen molar-refractivity contribution in [2.45, 2.75) is 45.3 Å². The van der Waals surface area contributed by atoms with Crippen molar-refractivity contribution >= 4 is 0 Å². The molecule has 0 heterocycles. The molecule has 1 rings (SSSR count). The number of hydrogen-bond acceptors (Lipinski definition) is 2. The third-order valence-electron chi connectivity index (χ3n) is 2.59. The molecule has 0 aliphatic rings. The Bertz CT molecular complexity index is 279. The van der Waals surface area contributed by atoms with Gasteiger partial charge < -0.3 is 10.2 Å². The van der Waals surface area contributed by atoms with E-state index in [2.05, 4.69) is 0 Å². The minimum absolute atomic E-state index is 0.529. The fraction of sp³-hybridized carbons (Fsp3) is 0.538. The number of aliphatic hydroxyl groups excluding tert-OH is 2. The Morgan fingerprint density at radius 1 is 1.07 bits per heavy atom. The van der Waals surface area contributed by atoms with Crippen LogP contribution in [0.15, 0.2) is 24.3 Å². The highest BCUT2D eigenvalue weighted by atomic mass is 16.3. The molecule has 0 radical (unpaired) electrons. The Kier molecular flexibility index (Phi) is 4.79. The van der Waals surface area contributed by atoms with Gasteiger partial charge in [-0.25, -0.2) is 0 Å². The lowest BCUT2D eigenvalue weighted by Crippen LogP contribution is -2.27. The zero-order valence-corrected chi connectivity index (χ0v) is 9.48. The molecule has 2 nitrogen and oxygen atoms in total. The smallest absolute Gasteiger partial charge is 0.0839 e. The molecule has 15 heavy (non-hydrogen) atoms. The van der Waals surface area contributed by atoms with E-state index in [4.69, 9.17) is 0 Å². The number of aliphatic hydroxyl groups is 2. The first kappa shape index (κ1) is 12.2. The second kappa shape index (κ2) is 5.89. The minimum Gasteiger partial charge on any atom is -0.390 e. The van der Waals surface area contributed by atoms with Crippen LogP contribution in [-0.2, 0) is 6.42 Å². The molecule has 2 heteroatoms. The summed E-state index contributed by atoms with van der Waals surface area (Å²) in [6, 6.07) is 8.04. The summed E-state index contributed by atoms with van der Waals surface area (Å²) >= 11 is 0. The standard InChI is InChI=1S/C13H20O2/c1-3-4-12(14)13(15)9-11-7-5-10(2)6-8-11/h5-8,12-15H,3-4,9H2,1-2H3. The van der Waals surface area contributed by atoms with Gasteiger partial charge in [-0.2, -0.15) is 0 Å². The summed E-state index contributed by atoms with van der Waals surface area (Å²) in [6.07, 6.45) is 0.838. The van der Waals surface area contributed by atoms with Crippen LogP contribution in [0.1, 0.15) is 30.9 Å². The van der Waals surface area contributed by atoms with E-state index in [1.54, 1.807) is 0 Å². The molecular formula is C13H20O2. The van der Waals surface area contributed by atoms with E-state index >= 15 is 0 Å². The molecule has 0 fully saturated rings. The third-order valence-corrected chi connectivity index (χ3v) is 2.59. The maximum atomic E-state index is 9.72. The van der Waals surface area contributed by atoms with Gasteiger partial charge in [0.15, 0.2) is 0 Å². The van der Waals surface area contributed by atoms with Crippen molar-refractivity contribution in [3.8, 4) is 0 Å². The van der Waals surface area contributed by atoms with Crippen LogP contribution in [0.25, 0.3) is 0 Å². The van der Waals surface area contributed by atoms with Gasteiger partial charge in [0.05, 0.1) is 12.2 Å². The Balaban J connectivity index is 2.50. The van der Waals surface area contributed by atoms with Crippen molar-refractivity contribution in [2.24, 2.45) is 0 Å². The van der Waals surface area contributed by atoms with Crippen LogP contribution in [0.5, 0.6) is 0 Å². The van der Waals surface area contributed by atoms with Gasteiger partial charge in [0, 0.05) is 6.42 Å². The lowest BCUT2D eigenvalue weighted by Gasteiger charge is -2.17. The molecule has 2 unspecified atom stereocenters. The van der Waals surface area contributed by atoms with E-state index in [9.17, 15) is 10.2 Å². The van der Waals surface area contributed by atoms with Crippen molar-refractivity contribution in [3.05, 3.63) is 35.4 Å². The summed E-state index contributed by atoms with van der Waals surface area (Å²) in [7, 11) is 0. The Morgan fingerprint density at radius 2 is 1.67 bits per heavy atom. The molecule has 0 saturated heterocycles. The zero-order valence-electron chi connectivity index (χ0n) is 9.48. The number of aryl methyl sites for hydroxylation is 1. The second-order valence-corrected chi connectivity index (χ2v) is 4.11. The first-order valence-electron chi connectivity index (χ1n) is 5.55. The predicted octanol–water partition coefficient (Wildman–Crippen LogP) is 2.06. The zero-order chi connectivity index (χ0) is 11.3. The molecule has 0 amide bonds.